The average molecular weight is 279 g/mol. The summed E-state index contributed by atoms with van der Waals surface area (Å²) in [6.45, 7) is 3.48. The van der Waals surface area contributed by atoms with E-state index in [-0.39, 0.29) is 0 Å². The van der Waals surface area contributed by atoms with Crippen molar-refractivity contribution in [3.05, 3.63) is 29.2 Å². The van der Waals surface area contributed by atoms with Crippen LogP contribution in [0.25, 0.3) is 0 Å². The largest absolute Gasteiger partial charge is 0.363 e. The van der Waals surface area contributed by atoms with Crippen molar-refractivity contribution in [2.45, 2.75) is 38.8 Å². The second-order valence-electron chi connectivity index (χ2n) is 4.60. The Morgan fingerprint density at radius 1 is 1.42 bits per heavy atom. The summed E-state index contributed by atoms with van der Waals surface area (Å²) in [4.78, 5) is 8.74. The lowest BCUT2D eigenvalue weighted by Crippen LogP contribution is -2.09. The molecule has 0 spiro atoms. The zero-order valence-electron chi connectivity index (χ0n) is 10.7. The Bertz CT molecular complexity index is 577. The van der Waals surface area contributed by atoms with Crippen LogP contribution in [-0.4, -0.2) is 24.7 Å². The highest BCUT2D eigenvalue weighted by molar-refractivity contribution is 6.29. The first-order chi connectivity index (χ1) is 9.26. The standard InChI is InChI=1S/C12H15ClN6/c1-2-19-7-15-18-11(19)6-14-10-5-9(13)16-12(17-10)8-3-4-8/h5,7-8H,2-4,6H2,1H3,(H,14,16,17). The Hall–Kier alpha value is -1.69. The van der Waals surface area contributed by atoms with Gasteiger partial charge in [0, 0.05) is 18.5 Å². The molecule has 0 amide bonds. The molecular weight excluding hydrogens is 264 g/mol. The van der Waals surface area contributed by atoms with Crippen LogP contribution in [0.15, 0.2) is 12.4 Å². The van der Waals surface area contributed by atoms with Crippen LogP contribution in [-0.2, 0) is 13.1 Å². The van der Waals surface area contributed by atoms with E-state index in [1.807, 2.05) is 4.57 Å². The normalized spacial score (nSPS) is 14.6. The van der Waals surface area contributed by atoms with Gasteiger partial charge in [0.15, 0.2) is 5.82 Å². The molecule has 1 aliphatic carbocycles. The number of hydrogen-bond acceptors (Lipinski definition) is 5. The van der Waals surface area contributed by atoms with Crippen molar-refractivity contribution < 1.29 is 0 Å². The van der Waals surface area contributed by atoms with E-state index in [0.29, 0.717) is 17.6 Å². The van der Waals surface area contributed by atoms with Gasteiger partial charge in [0.2, 0.25) is 0 Å². The highest BCUT2D eigenvalue weighted by atomic mass is 35.5. The van der Waals surface area contributed by atoms with Gasteiger partial charge in [-0.1, -0.05) is 11.6 Å². The number of nitrogens with one attached hydrogen (secondary N) is 1. The van der Waals surface area contributed by atoms with E-state index >= 15 is 0 Å². The number of anilines is 1. The molecule has 19 heavy (non-hydrogen) atoms. The highest BCUT2D eigenvalue weighted by Crippen LogP contribution is 2.38. The van der Waals surface area contributed by atoms with E-state index in [1.165, 1.54) is 0 Å². The minimum absolute atomic E-state index is 0.483. The van der Waals surface area contributed by atoms with Gasteiger partial charge in [-0.3, -0.25) is 0 Å². The summed E-state index contributed by atoms with van der Waals surface area (Å²) in [5.74, 6) is 2.95. The third-order valence-electron chi connectivity index (χ3n) is 3.12. The molecule has 2 aromatic rings. The zero-order valence-corrected chi connectivity index (χ0v) is 11.4. The summed E-state index contributed by atoms with van der Waals surface area (Å²) in [6, 6.07) is 1.74. The minimum atomic E-state index is 0.483. The molecule has 1 N–H and O–H groups in total. The summed E-state index contributed by atoms with van der Waals surface area (Å²) in [7, 11) is 0. The number of rotatable bonds is 5. The van der Waals surface area contributed by atoms with E-state index in [2.05, 4.69) is 32.4 Å². The second kappa shape index (κ2) is 5.13. The minimum Gasteiger partial charge on any atom is -0.363 e. The van der Waals surface area contributed by atoms with Gasteiger partial charge in [0.1, 0.15) is 23.1 Å². The van der Waals surface area contributed by atoms with Crippen molar-refractivity contribution in [2.75, 3.05) is 5.32 Å². The molecule has 0 radical (unpaired) electrons. The first-order valence-corrected chi connectivity index (χ1v) is 6.79. The van der Waals surface area contributed by atoms with E-state index < -0.39 is 0 Å². The monoisotopic (exact) mass is 278 g/mol. The molecule has 3 rings (SSSR count). The van der Waals surface area contributed by atoms with Crippen LogP contribution in [0.3, 0.4) is 0 Å². The molecule has 0 atom stereocenters. The van der Waals surface area contributed by atoms with Crippen molar-refractivity contribution in [3.8, 4) is 0 Å². The number of aromatic nitrogens is 5. The molecule has 0 aliphatic heterocycles. The molecular formula is C12H15ClN6. The lowest BCUT2D eigenvalue weighted by atomic mass is 10.4. The van der Waals surface area contributed by atoms with Crippen molar-refractivity contribution in [1.29, 1.82) is 0 Å². The molecule has 7 heteroatoms. The molecule has 0 aromatic carbocycles. The second-order valence-corrected chi connectivity index (χ2v) is 4.98. The first kappa shape index (κ1) is 12.3. The van der Waals surface area contributed by atoms with E-state index in [1.54, 1.807) is 12.4 Å². The number of hydrogen-bond donors (Lipinski definition) is 1. The zero-order chi connectivity index (χ0) is 13.2. The third kappa shape index (κ3) is 2.84. The molecule has 2 aromatic heterocycles. The number of halogens is 1. The first-order valence-electron chi connectivity index (χ1n) is 6.41. The van der Waals surface area contributed by atoms with E-state index in [9.17, 15) is 0 Å². The van der Waals surface area contributed by atoms with Crippen LogP contribution in [0.1, 0.15) is 37.3 Å². The molecule has 1 saturated carbocycles. The molecule has 1 fully saturated rings. The van der Waals surface area contributed by atoms with Gasteiger partial charge in [-0.25, -0.2) is 9.97 Å². The fourth-order valence-corrected chi connectivity index (χ4v) is 2.09. The number of aryl methyl sites for hydroxylation is 1. The quantitative estimate of drug-likeness (QED) is 0.850. The Kier molecular flexibility index (Phi) is 3.33. The Morgan fingerprint density at radius 2 is 2.26 bits per heavy atom. The van der Waals surface area contributed by atoms with Gasteiger partial charge < -0.3 is 9.88 Å². The summed E-state index contributed by atoms with van der Waals surface area (Å²) < 4.78 is 1.98. The van der Waals surface area contributed by atoms with Crippen LogP contribution < -0.4 is 5.32 Å². The Morgan fingerprint density at radius 3 is 3.00 bits per heavy atom. The van der Waals surface area contributed by atoms with Crippen LogP contribution in [0.2, 0.25) is 5.15 Å². The topological polar surface area (TPSA) is 68.5 Å². The number of nitrogens with zero attached hydrogens (tertiary/aromatic N) is 5. The van der Waals surface area contributed by atoms with Crippen molar-refractivity contribution in [1.82, 2.24) is 24.7 Å². The van der Waals surface area contributed by atoms with Crippen LogP contribution in [0.5, 0.6) is 0 Å². The SMILES string of the molecule is CCn1cnnc1CNc1cc(Cl)nc(C2CC2)n1. The summed E-state index contributed by atoms with van der Waals surface area (Å²) in [5, 5.41) is 11.7. The fourth-order valence-electron chi connectivity index (χ4n) is 1.90. The molecule has 0 saturated heterocycles. The fraction of sp³-hybridized carbons (Fsp3) is 0.500. The molecule has 6 nitrogen and oxygen atoms in total. The van der Waals surface area contributed by atoms with Crippen LogP contribution in [0, 0.1) is 0 Å². The van der Waals surface area contributed by atoms with Gasteiger partial charge in [0.25, 0.3) is 0 Å². The predicted molar refractivity (Wildman–Crippen MR) is 72.0 cm³/mol. The van der Waals surface area contributed by atoms with Gasteiger partial charge in [0.05, 0.1) is 6.54 Å². The average Bonchev–Trinajstić information content (AvgIpc) is 3.15. The maximum absolute atomic E-state index is 6.02. The summed E-state index contributed by atoms with van der Waals surface area (Å²) in [6.07, 6.45) is 4.04. The highest BCUT2D eigenvalue weighted by Gasteiger charge is 2.27. The molecule has 1 aliphatic rings. The van der Waals surface area contributed by atoms with Gasteiger partial charge in [-0.15, -0.1) is 10.2 Å². The Labute approximate surface area is 116 Å². The van der Waals surface area contributed by atoms with Crippen molar-refractivity contribution >= 4 is 17.4 Å². The van der Waals surface area contributed by atoms with E-state index in [0.717, 1.165) is 36.9 Å². The summed E-state index contributed by atoms with van der Waals surface area (Å²) in [5.41, 5.74) is 0. The lowest BCUT2D eigenvalue weighted by molar-refractivity contribution is 0.707. The van der Waals surface area contributed by atoms with Crippen LogP contribution >= 0.6 is 11.6 Å². The van der Waals surface area contributed by atoms with E-state index in [4.69, 9.17) is 11.6 Å². The maximum atomic E-state index is 6.02. The van der Waals surface area contributed by atoms with Crippen molar-refractivity contribution in [2.24, 2.45) is 0 Å². The van der Waals surface area contributed by atoms with Crippen molar-refractivity contribution in [3.63, 3.8) is 0 Å². The molecule has 0 unspecified atom stereocenters. The predicted octanol–water partition coefficient (Wildman–Crippen LogP) is 2.23. The maximum Gasteiger partial charge on any atom is 0.152 e. The molecule has 0 bridgehead atoms. The van der Waals surface area contributed by atoms with Gasteiger partial charge in [-0.2, -0.15) is 0 Å². The molecule has 2 heterocycles. The smallest absolute Gasteiger partial charge is 0.152 e. The molecule has 100 valence electrons. The third-order valence-corrected chi connectivity index (χ3v) is 3.31. The summed E-state index contributed by atoms with van der Waals surface area (Å²) >= 11 is 6.02. The lowest BCUT2D eigenvalue weighted by Gasteiger charge is -2.08. The van der Waals surface area contributed by atoms with Gasteiger partial charge >= 0.3 is 0 Å². The van der Waals surface area contributed by atoms with Gasteiger partial charge in [-0.05, 0) is 19.8 Å². The van der Waals surface area contributed by atoms with Crippen LogP contribution in [0.4, 0.5) is 5.82 Å². The Balaban J connectivity index is 1.72.